The molecule has 2 aliphatic rings. The summed E-state index contributed by atoms with van der Waals surface area (Å²) in [4.78, 5) is 15.0. The highest BCUT2D eigenvalue weighted by Gasteiger charge is 2.22. The van der Waals surface area contributed by atoms with Crippen LogP contribution in [0, 0.1) is 0 Å². The van der Waals surface area contributed by atoms with Crippen molar-refractivity contribution in [3.8, 4) is 0 Å². The highest BCUT2D eigenvalue weighted by Crippen LogP contribution is 2.38. The Morgan fingerprint density at radius 1 is 1.07 bits per heavy atom. The molecule has 5 nitrogen and oxygen atoms in total. The van der Waals surface area contributed by atoms with Gasteiger partial charge >= 0.3 is 0 Å². The number of aromatic nitrogens is 2. The van der Waals surface area contributed by atoms with Crippen molar-refractivity contribution in [1.82, 2.24) is 14.9 Å². The Bertz CT molecular complexity index is 1010. The van der Waals surface area contributed by atoms with Gasteiger partial charge in [0.1, 0.15) is 16.5 Å². The third-order valence-electron chi connectivity index (χ3n) is 5.95. The SMILES string of the molecule is Clc1ccc(CCNc2nc(CN3CCOCC3)nc3sc4c(c23)CCCC4)cc1. The molecule has 1 aliphatic heterocycles. The van der Waals surface area contributed by atoms with Crippen LogP contribution in [0.5, 0.6) is 0 Å². The second-order valence-corrected chi connectivity index (χ2v) is 9.59. The minimum Gasteiger partial charge on any atom is -0.379 e. The molecule has 0 amide bonds. The van der Waals surface area contributed by atoms with Gasteiger partial charge in [0.25, 0.3) is 0 Å². The molecule has 158 valence electrons. The molecular weight excluding hydrogens is 416 g/mol. The normalized spacial score (nSPS) is 17.2. The summed E-state index contributed by atoms with van der Waals surface area (Å²) in [6.45, 7) is 5.11. The number of hydrogen-bond donors (Lipinski definition) is 1. The molecular formula is C23H27ClN4OS. The number of halogens is 1. The van der Waals surface area contributed by atoms with E-state index in [9.17, 15) is 0 Å². The fraction of sp³-hybridized carbons (Fsp3) is 0.478. The van der Waals surface area contributed by atoms with E-state index in [2.05, 4.69) is 22.3 Å². The average molecular weight is 443 g/mol. The standard InChI is InChI=1S/C23H27ClN4OS/c24-17-7-5-16(6-8-17)9-10-25-22-21-18-3-1-2-4-19(18)30-23(21)27-20(26-22)15-28-11-13-29-14-12-28/h5-8H,1-4,9-15H2,(H,25,26,27). The molecule has 7 heteroatoms. The van der Waals surface area contributed by atoms with Gasteiger partial charge in [-0.15, -0.1) is 11.3 Å². The molecule has 0 bridgehead atoms. The van der Waals surface area contributed by atoms with Gasteiger partial charge in [-0.3, -0.25) is 4.90 Å². The minimum atomic E-state index is 0.780. The third kappa shape index (κ3) is 4.47. The van der Waals surface area contributed by atoms with Crippen molar-refractivity contribution in [3.63, 3.8) is 0 Å². The van der Waals surface area contributed by atoms with Crippen molar-refractivity contribution in [1.29, 1.82) is 0 Å². The van der Waals surface area contributed by atoms with Gasteiger partial charge in [0.2, 0.25) is 0 Å². The second-order valence-electron chi connectivity index (χ2n) is 8.07. The Balaban J connectivity index is 1.41. The zero-order chi connectivity index (χ0) is 20.3. The number of thiophene rings is 1. The van der Waals surface area contributed by atoms with Crippen LogP contribution in [0.15, 0.2) is 24.3 Å². The number of morpholine rings is 1. The van der Waals surface area contributed by atoms with E-state index >= 15 is 0 Å². The number of ether oxygens (including phenoxy) is 1. The smallest absolute Gasteiger partial charge is 0.146 e. The van der Waals surface area contributed by atoms with Crippen LogP contribution in [0.2, 0.25) is 5.02 Å². The molecule has 30 heavy (non-hydrogen) atoms. The summed E-state index contributed by atoms with van der Waals surface area (Å²) in [5.41, 5.74) is 2.76. The molecule has 0 unspecified atom stereocenters. The Morgan fingerprint density at radius 2 is 1.87 bits per heavy atom. The lowest BCUT2D eigenvalue weighted by Gasteiger charge is -2.25. The van der Waals surface area contributed by atoms with Crippen LogP contribution in [0.4, 0.5) is 5.82 Å². The maximum absolute atomic E-state index is 6.02. The highest BCUT2D eigenvalue weighted by atomic mass is 35.5. The van der Waals surface area contributed by atoms with Crippen molar-refractivity contribution in [3.05, 3.63) is 51.1 Å². The Hall–Kier alpha value is -1.73. The summed E-state index contributed by atoms with van der Waals surface area (Å²) < 4.78 is 5.49. The molecule has 0 atom stereocenters. The Morgan fingerprint density at radius 3 is 2.70 bits per heavy atom. The van der Waals surface area contributed by atoms with Gasteiger partial charge in [0.15, 0.2) is 0 Å². The first-order valence-corrected chi connectivity index (χ1v) is 12.1. The number of nitrogens with zero attached hydrogens (tertiary/aromatic N) is 3. The number of anilines is 1. The van der Waals surface area contributed by atoms with E-state index in [1.807, 2.05) is 23.5 Å². The number of rotatable bonds is 6. The molecule has 1 aliphatic carbocycles. The van der Waals surface area contributed by atoms with Crippen molar-refractivity contribution in [2.45, 2.75) is 38.6 Å². The number of nitrogens with one attached hydrogen (secondary N) is 1. The van der Waals surface area contributed by atoms with E-state index in [0.29, 0.717) is 0 Å². The predicted octanol–water partition coefficient (Wildman–Crippen LogP) is 4.71. The zero-order valence-corrected chi connectivity index (χ0v) is 18.7. The van der Waals surface area contributed by atoms with Gasteiger partial charge in [-0.05, 0) is 55.4 Å². The number of aryl methyl sites for hydroxylation is 2. The van der Waals surface area contributed by atoms with E-state index in [-0.39, 0.29) is 0 Å². The number of benzene rings is 1. The maximum atomic E-state index is 6.02. The molecule has 1 saturated heterocycles. The van der Waals surface area contributed by atoms with Crippen molar-refractivity contribution in [2.75, 3.05) is 38.2 Å². The first kappa shape index (κ1) is 20.2. The van der Waals surface area contributed by atoms with Crippen LogP contribution in [0.1, 0.15) is 34.7 Å². The van der Waals surface area contributed by atoms with Gasteiger partial charge in [-0.2, -0.15) is 0 Å². The lowest BCUT2D eigenvalue weighted by Crippen LogP contribution is -2.36. The minimum absolute atomic E-state index is 0.780. The molecule has 2 aromatic heterocycles. The molecule has 1 aromatic carbocycles. The van der Waals surface area contributed by atoms with Crippen LogP contribution >= 0.6 is 22.9 Å². The monoisotopic (exact) mass is 442 g/mol. The summed E-state index contributed by atoms with van der Waals surface area (Å²) in [5.74, 6) is 1.92. The molecule has 0 radical (unpaired) electrons. The van der Waals surface area contributed by atoms with Crippen LogP contribution < -0.4 is 5.32 Å². The molecule has 1 N–H and O–H groups in total. The average Bonchev–Trinajstić information content (AvgIpc) is 3.14. The topological polar surface area (TPSA) is 50.3 Å². The predicted molar refractivity (Wildman–Crippen MR) is 124 cm³/mol. The van der Waals surface area contributed by atoms with E-state index < -0.39 is 0 Å². The molecule has 0 spiro atoms. The molecule has 3 aromatic rings. The lowest BCUT2D eigenvalue weighted by atomic mass is 9.97. The van der Waals surface area contributed by atoms with Crippen LogP contribution in [-0.4, -0.2) is 47.7 Å². The van der Waals surface area contributed by atoms with E-state index in [0.717, 1.165) is 73.7 Å². The fourth-order valence-corrected chi connectivity index (χ4v) is 5.74. The summed E-state index contributed by atoms with van der Waals surface area (Å²) in [5, 5.41) is 5.68. The summed E-state index contributed by atoms with van der Waals surface area (Å²) in [6.07, 6.45) is 5.81. The summed E-state index contributed by atoms with van der Waals surface area (Å²) in [7, 11) is 0. The fourth-order valence-electron chi connectivity index (χ4n) is 4.34. The largest absolute Gasteiger partial charge is 0.379 e. The van der Waals surface area contributed by atoms with Gasteiger partial charge in [0.05, 0.1) is 25.1 Å². The maximum Gasteiger partial charge on any atom is 0.146 e. The third-order valence-corrected chi connectivity index (χ3v) is 7.39. The van der Waals surface area contributed by atoms with Crippen LogP contribution in [0.25, 0.3) is 10.2 Å². The highest BCUT2D eigenvalue weighted by molar-refractivity contribution is 7.19. The lowest BCUT2D eigenvalue weighted by molar-refractivity contribution is 0.0331. The molecule has 1 fully saturated rings. The Labute approximate surface area is 186 Å². The molecule has 3 heterocycles. The van der Waals surface area contributed by atoms with Crippen molar-refractivity contribution in [2.24, 2.45) is 0 Å². The van der Waals surface area contributed by atoms with E-state index in [1.54, 1.807) is 0 Å². The van der Waals surface area contributed by atoms with E-state index in [1.165, 1.54) is 40.7 Å². The van der Waals surface area contributed by atoms with Gasteiger partial charge in [-0.25, -0.2) is 9.97 Å². The second kappa shape index (κ2) is 9.18. The van der Waals surface area contributed by atoms with Crippen molar-refractivity contribution >= 4 is 39.0 Å². The first-order chi connectivity index (χ1) is 14.8. The molecule has 0 saturated carbocycles. The first-order valence-electron chi connectivity index (χ1n) is 10.9. The van der Waals surface area contributed by atoms with Crippen LogP contribution in [-0.2, 0) is 30.5 Å². The number of fused-ring (bicyclic) bond motifs is 3. The van der Waals surface area contributed by atoms with Crippen LogP contribution in [0.3, 0.4) is 0 Å². The molecule has 5 rings (SSSR count). The van der Waals surface area contributed by atoms with Gasteiger partial charge in [-0.1, -0.05) is 23.7 Å². The quantitative estimate of drug-likeness (QED) is 0.599. The Kier molecular flexibility index (Phi) is 6.18. The zero-order valence-electron chi connectivity index (χ0n) is 17.1. The van der Waals surface area contributed by atoms with Gasteiger partial charge < -0.3 is 10.1 Å². The van der Waals surface area contributed by atoms with E-state index in [4.69, 9.17) is 26.3 Å². The number of hydrogen-bond acceptors (Lipinski definition) is 6. The van der Waals surface area contributed by atoms with Gasteiger partial charge in [0, 0.05) is 29.5 Å². The summed E-state index contributed by atoms with van der Waals surface area (Å²) >= 11 is 7.89. The summed E-state index contributed by atoms with van der Waals surface area (Å²) in [6, 6.07) is 8.09. The van der Waals surface area contributed by atoms with Crippen molar-refractivity contribution < 1.29 is 4.74 Å².